The second-order valence-electron chi connectivity index (χ2n) is 7.30. The van der Waals surface area contributed by atoms with E-state index in [9.17, 15) is 4.79 Å². The molecule has 6 heteroatoms. The standard InChI is InChI=1S/C18H22N4O2/c1-12-5-4-6-14(7-12)17(23)22-10-18(11-22)9-21(3)8-15(18)16-20-19-13(2)24-16/h4-7,15H,8-11H2,1-3H3. The van der Waals surface area contributed by atoms with Crippen LogP contribution in [-0.2, 0) is 0 Å². The second kappa shape index (κ2) is 5.41. The van der Waals surface area contributed by atoms with Crippen molar-refractivity contribution in [2.75, 3.05) is 33.2 Å². The molecule has 2 aliphatic rings. The van der Waals surface area contributed by atoms with E-state index in [1.54, 1.807) is 0 Å². The molecule has 1 aromatic heterocycles. The van der Waals surface area contributed by atoms with Crippen LogP contribution in [0.5, 0.6) is 0 Å². The molecule has 1 amide bonds. The van der Waals surface area contributed by atoms with Gasteiger partial charge in [0.25, 0.3) is 5.91 Å². The zero-order valence-corrected chi connectivity index (χ0v) is 14.3. The molecule has 3 heterocycles. The number of likely N-dealkylation sites (tertiary alicyclic amines) is 2. The first-order chi connectivity index (χ1) is 11.5. The van der Waals surface area contributed by atoms with Crippen LogP contribution >= 0.6 is 0 Å². The number of carbonyl (C=O) groups excluding carboxylic acids is 1. The number of amides is 1. The molecular formula is C18H22N4O2. The van der Waals surface area contributed by atoms with Crippen LogP contribution in [0.2, 0.25) is 0 Å². The number of likely N-dealkylation sites (N-methyl/N-ethyl adjacent to an activating group) is 1. The summed E-state index contributed by atoms with van der Waals surface area (Å²) in [6, 6.07) is 7.78. The lowest BCUT2D eigenvalue weighted by Gasteiger charge is -2.50. The van der Waals surface area contributed by atoms with E-state index < -0.39 is 0 Å². The Morgan fingerprint density at radius 2 is 2.04 bits per heavy atom. The summed E-state index contributed by atoms with van der Waals surface area (Å²) in [5, 5.41) is 8.21. The average molecular weight is 326 g/mol. The van der Waals surface area contributed by atoms with Crippen LogP contribution in [0.4, 0.5) is 0 Å². The lowest BCUT2D eigenvalue weighted by molar-refractivity contribution is 0.000485. The minimum Gasteiger partial charge on any atom is -0.425 e. The first kappa shape index (κ1) is 15.3. The topological polar surface area (TPSA) is 62.5 Å². The largest absolute Gasteiger partial charge is 0.425 e. The fourth-order valence-corrected chi connectivity index (χ4v) is 4.15. The quantitative estimate of drug-likeness (QED) is 0.843. The van der Waals surface area contributed by atoms with Crippen molar-refractivity contribution in [3.8, 4) is 0 Å². The smallest absolute Gasteiger partial charge is 0.253 e. The number of aryl methyl sites for hydroxylation is 2. The highest BCUT2D eigenvalue weighted by atomic mass is 16.4. The van der Waals surface area contributed by atoms with Gasteiger partial charge in [-0.15, -0.1) is 10.2 Å². The monoisotopic (exact) mass is 326 g/mol. The molecule has 0 aliphatic carbocycles. The minimum absolute atomic E-state index is 0.0349. The van der Waals surface area contributed by atoms with E-state index in [1.165, 1.54) is 0 Å². The molecule has 24 heavy (non-hydrogen) atoms. The van der Waals surface area contributed by atoms with Gasteiger partial charge in [-0.05, 0) is 26.1 Å². The van der Waals surface area contributed by atoms with E-state index in [2.05, 4.69) is 22.1 Å². The third kappa shape index (κ3) is 2.41. The van der Waals surface area contributed by atoms with Crippen LogP contribution in [0.25, 0.3) is 0 Å². The van der Waals surface area contributed by atoms with Gasteiger partial charge in [0, 0.05) is 44.1 Å². The van der Waals surface area contributed by atoms with E-state index in [0.717, 1.165) is 37.3 Å². The predicted molar refractivity (Wildman–Crippen MR) is 88.8 cm³/mol. The van der Waals surface area contributed by atoms with Gasteiger partial charge in [0.05, 0.1) is 5.92 Å². The maximum absolute atomic E-state index is 12.7. The van der Waals surface area contributed by atoms with E-state index in [4.69, 9.17) is 4.42 Å². The van der Waals surface area contributed by atoms with Gasteiger partial charge in [-0.25, -0.2) is 0 Å². The normalized spacial score (nSPS) is 22.8. The van der Waals surface area contributed by atoms with Crippen LogP contribution in [0.15, 0.2) is 28.7 Å². The van der Waals surface area contributed by atoms with E-state index in [-0.39, 0.29) is 17.2 Å². The SMILES string of the molecule is Cc1cccc(C(=O)N2CC3(CN(C)CC3c3nnc(C)o3)C2)c1. The van der Waals surface area contributed by atoms with Gasteiger partial charge in [-0.1, -0.05) is 17.7 Å². The molecule has 2 fully saturated rings. The molecule has 1 atom stereocenters. The van der Waals surface area contributed by atoms with E-state index in [1.807, 2.05) is 43.0 Å². The molecule has 0 bridgehead atoms. The summed E-state index contributed by atoms with van der Waals surface area (Å²) < 4.78 is 5.69. The number of nitrogens with zero attached hydrogens (tertiary/aromatic N) is 4. The highest BCUT2D eigenvalue weighted by molar-refractivity contribution is 5.95. The lowest BCUT2D eigenvalue weighted by Crippen LogP contribution is -2.61. The van der Waals surface area contributed by atoms with Gasteiger partial charge < -0.3 is 14.2 Å². The number of hydrogen-bond acceptors (Lipinski definition) is 5. The molecule has 6 nitrogen and oxygen atoms in total. The van der Waals surface area contributed by atoms with Crippen LogP contribution in [-0.4, -0.2) is 59.1 Å². The van der Waals surface area contributed by atoms with Crippen LogP contribution in [0.1, 0.15) is 33.6 Å². The van der Waals surface area contributed by atoms with Crippen molar-refractivity contribution in [2.24, 2.45) is 5.41 Å². The van der Waals surface area contributed by atoms with E-state index in [0.29, 0.717) is 11.8 Å². The Labute approximate surface area is 141 Å². The van der Waals surface area contributed by atoms with Crippen molar-refractivity contribution in [3.05, 3.63) is 47.2 Å². The summed E-state index contributed by atoms with van der Waals surface area (Å²) in [6.45, 7) is 7.17. The zero-order chi connectivity index (χ0) is 16.9. The van der Waals surface area contributed by atoms with Gasteiger partial charge in [0.1, 0.15) is 0 Å². The van der Waals surface area contributed by atoms with Crippen molar-refractivity contribution in [1.82, 2.24) is 20.0 Å². The molecule has 0 saturated carbocycles. The number of rotatable bonds is 2. The summed E-state index contributed by atoms with van der Waals surface area (Å²) in [4.78, 5) is 16.9. The Balaban J connectivity index is 1.53. The number of hydrogen-bond donors (Lipinski definition) is 0. The summed E-state index contributed by atoms with van der Waals surface area (Å²) in [6.07, 6.45) is 0. The fraction of sp³-hybridized carbons (Fsp3) is 0.500. The number of benzene rings is 1. The van der Waals surface area contributed by atoms with Gasteiger partial charge in [-0.2, -0.15) is 0 Å². The molecule has 1 aromatic carbocycles. The molecule has 2 aliphatic heterocycles. The number of aromatic nitrogens is 2. The summed E-state index contributed by atoms with van der Waals surface area (Å²) in [5.74, 6) is 1.62. The molecule has 2 saturated heterocycles. The summed E-state index contributed by atoms with van der Waals surface area (Å²) in [5.41, 5.74) is 1.91. The summed E-state index contributed by atoms with van der Waals surface area (Å²) in [7, 11) is 2.11. The third-order valence-corrected chi connectivity index (χ3v) is 5.22. The van der Waals surface area contributed by atoms with Crippen molar-refractivity contribution >= 4 is 5.91 Å². The lowest BCUT2D eigenvalue weighted by atomic mass is 9.71. The van der Waals surface area contributed by atoms with Crippen molar-refractivity contribution in [1.29, 1.82) is 0 Å². The maximum Gasteiger partial charge on any atom is 0.253 e. The van der Waals surface area contributed by atoms with Crippen LogP contribution in [0.3, 0.4) is 0 Å². The molecule has 4 rings (SSSR count). The third-order valence-electron chi connectivity index (χ3n) is 5.22. The molecule has 2 aromatic rings. The maximum atomic E-state index is 12.7. The molecule has 0 radical (unpaired) electrons. The van der Waals surface area contributed by atoms with Crippen molar-refractivity contribution in [2.45, 2.75) is 19.8 Å². The first-order valence-corrected chi connectivity index (χ1v) is 8.31. The molecular weight excluding hydrogens is 304 g/mol. The van der Waals surface area contributed by atoms with Gasteiger partial charge in [0.15, 0.2) is 0 Å². The van der Waals surface area contributed by atoms with E-state index >= 15 is 0 Å². The highest BCUT2D eigenvalue weighted by Gasteiger charge is 2.56. The first-order valence-electron chi connectivity index (χ1n) is 8.31. The van der Waals surface area contributed by atoms with Crippen LogP contribution in [0, 0.1) is 19.3 Å². The van der Waals surface area contributed by atoms with Crippen molar-refractivity contribution < 1.29 is 9.21 Å². The Morgan fingerprint density at radius 3 is 2.71 bits per heavy atom. The average Bonchev–Trinajstić information content (AvgIpc) is 3.08. The molecule has 1 spiro atoms. The molecule has 126 valence electrons. The second-order valence-corrected chi connectivity index (χ2v) is 7.30. The van der Waals surface area contributed by atoms with Gasteiger partial charge >= 0.3 is 0 Å². The van der Waals surface area contributed by atoms with Gasteiger partial charge in [0.2, 0.25) is 11.8 Å². The number of carbonyl (C=O) groups is 1. The zero-order valence-electron chi connectivity index (χ0n) is 14.3. The predicted octanol–water partition coefficient (Wildman–Crippen LogP) is 1.86. The Bertz CT molecular complexity index is 779. The Morgan fingerprint density at radius 1 is 1.25 bits per heavy atom. The van der Waals surface area contributed by atoms with Gasteiger partial charge in [-0.3, -0.25) is 4.79 Å². The highest BCUT2D eigenvalue weighted by Crippen LogP contribution is 2.48. The molecule has 0 N–H and O–H groups in total. The van der Waals surface area contributed by atoms with Crippen molar-refractivity contribution in [3.63, 3.8) is 0 Å². The molecule has 1 unspecified atom stereocenters. The minimum atomic E-state index is 0.0349. The van der Waals surface area contributed by atoms with Crippen LogP contribution < -0.4 is 0 Å². The Hall–Kier alpha value is -2.21. The fourth-order valence-electron chi connectivity index (χ4n) is 4.15. The Kier molecular flexibility index (Phi) is 3.46. The summed E-state index contributed by atoms with van der Waals surface area (Å²) >= 11 is 0.